The van der Waals surface area contributed by atoms with Crippen molar-refractivity contribution in [3.8, 4) is 22.8 Å². The van der Waals surface area contributed by atoms with Crippen LogP contribution in [0.2, 0.25) is 0 Å². The van der Waals surface area contributed by atoms with Crippen LogP contribution in [0.5, 0.6) is 11.5 Å². The molecule has 0 amide bonds. The summed E-state index contributed by atoms with van der Waals surface area (Å²) in [7, 11) is 2.15. The highest BCUT2D eigenvalue weighted by Crippen LogP contribution is 2.50. The van der Waals surface area contributed by atoms with Gasteiger partial charge in [0.05, 0.1) is 10.9 Å². The highest BCUT2D eigenvalue weighted by molar-refractivity contribution is 7.17. The van der Waals surface area contributed by atoms with E-state index in [9.17, 15) is 0 Å². The maximum atomic E-state index is 6.59. The normalized spacial score (nSPS) is 16.4. The van der Waals surface area contributed by atoms with Gasteiger partial charge >= 0.3 is 0 Å². The number of hydrogen-bond acceptors (Lipinski definition) is 2. The molecule has 0 radical (unpaired) electrons. The molecule has 6 rings (SSSR count). The van der Waals surface area contributed by atoms with Gasteiger partial charge in [-0.3, -0.25) is 0 Å². The van der Waals surface area contributed by atoms with Gasteiger partial charge in [-0.1, -0.05) is 25.3 Å². The summed E-state index contributed by atoms with van der Waals surface area (Å²) in [6.07, 6.45) is 8.92. The molecule has 140 valence electrons. The fraction of sp³-hybridized carbons (Fsp3) is 0.320. The zero-order valence-electron chi connectivity index (χ0n) is 16.4. The van der Waals surface area contributed by atoms with Gasteiger partial charge in [0.25, 0.3) is 0 Å². The number of nitrogens with zero attached hydrogens (tertiary/aromatic N) is 1. The number of aryl methyl sites for hydroxylation is 2. The van der Waals surface area contributed by atoms with E-state index >= 15 is 0 Å². The van der Waals surface area contributed by atoms with Crippen LogP contribution in [0.4, 0.5) is 0 Å². The Kier molecular flexibility index (Phi) is 3.58. The second-order valence-corrected chi connectivity index (χ2v) is 9.35. The summed E-state index contributed by atoms with van der Waals surface area (Å²) in [5.41, 5.74) is 5.31. The first-order chi connectivity index (χ1) is 13.7. The minimum absolute atomic E-state index is 0.679. The largest absolute Gasteiger partial charge is 0.455 e. The van der Waals surface area contributed by atoms with E-state index in [1.54, 1.807) is 11.3 Å². The minimum atomic E-state index is 0.679. The Morgan fingerprint density at radius 3 is 2.75 bits per heavy atom. The monoisotopic (exact) mass is 386 g/mol. The van der Waals surface area contributed by atoms with Gasteiger partial charge in [-0.05, 0) is 71.2 Å². The van der Waals surface area contributed by atoms with Crippen LogP contribution in [0.25, 0.3) is 32.1 Å². The molecule has 2 aromatic heterocycles. The minimum Gasteiger partial charge on any atom is -0.455 e. The van der Waals surface area contributed by atoms with Gasteiger partial charge in [-0.15, -0.1) is 11.3 Å². The SMILES string of the molecule is Cc1c2c(cc3sccc13)Oc1cc(C3CCCCC3)cc3cc[n+](C)c-2c13. The zero-order valence-corrected chi connectivity index (χ0v) is 17.2. The lowest BCUT2D eigenvalue weighted by atomic mass is 9.82. The van der Waals surface area contributed by atoms with Crippen molar-refractivity contribution < 1.29 is 9.30 Å². The van der Waals surface area contributed by atoms with Crippen molar-refractivity contribution in [1.29, 1.82) is 0 Å². The number of aromatic nitrogens is 1. The first-order valence-electron chi connectivity index (χ1n) is 10.4. The van der Waals surface area contributed by atoms with E-state index in [1.807, 2.05) is 0 Å². The van der Waals surface area contributed by atoms with Gasteiger partial charge in [0.15, 0.2) is 6.20 Å². The van der Waals surface area contributed by atoms with Crippen LogP contribution in [0.1, 0.15) is 49.1 Å². The zero-order chi connectivity index (χ0) is 18.8. The van der Waals surface area contributed by atoms with Gasteiger partial charge in [-0.2, -0.15) is 0 Å². The molecule has 2 aromatic carbocycles. The molecule has 1 fully saturated rings. The van der Waals surface area contributed by atoms with E-state index in [0.717, 1.165) is 11.5 Å². The van der Waals surface area contributed by atoms with Crippen molar-refractivity contribution in [2.45, 2.75) is 44.9 Å². The van der Waals surface area contributed by atoms with Crippen LogP contribution in [0.15, 0.2) is 41.9 Å². The van der Waals surface area contributed by atoms with E-state index in [2.05, 4.69) is 60.4 Å². The predicted molar refractivity (Wildman–Crippen MR) is 117 cm³/mol. The third kappa shape index (κ3) is 2.29. The molecule has 2 nitrogen and oxygen atoms in total. The van der Waals surface area contributed by atoms with Crippen molar-refractivity contribution in [3.05, 3.63) is 53.0 Å². The Hall–Kier alpha value is -2.39. The molecule has 0 bridgehead atoms. The van der Waals surface area contributed by atoms with E-state index in [0.29, 0.717) is 5.92 Å². The topological polar surface area (TPSA) is 13.1 Å². The first-order valence-corrected chi connectivity index (χ1v) is 11.2. The number of ether oxygens (including phenoxy) is 1. The van der Waals surface area contributed by atoms with Crippen LogP contribution < -0.4 is 9.30 Å². The van der Waals surface area contributed by atoms with E-state index in [1.165, 1.54) is 75.3 Å². The van der Waals surface area contributed by atoms with E-state index < -0.39 is 0 Å². The molecular formula is C25H24NOS+. The van der Waals surface area contributed by atoms with E-state index in [4.69, 9.17) is 4.74 Å². The van der Waals surface area contributed by atoms with Crippen LogP contribution >= 0.6 is 11.3 Å². The smallest absolute Gasteiger partial charge is 0.228 e. The molecule has 3 heterocycles. The van der Waals surface area contributed by atoms with Gasteiger partial charge < -0.3 is 4.74 Å². The number of rotatable bonds is 1. The number of pyridine rings is 1. The van der Waals surface area contributed by atoms with Crippen molar-refractivity contribution >= 4 is 32.2 Å². The summed E-state index contributed by atoms with van der Waals surface area (Å²) in [4.78, 5) is 0. The lowest BCUT2D eigenvalue weighted by Crippen LogP contribution is -2.31. The number of fused-ring (bicyclic) bond motifs is 3. The molecule has 1 aliphatic carbocycles. The van der Waals surface area contributed by atoms with Crippen molar-refractivity contribution in [3.63, 3.8) is 0 Å². The number of thiophene rings is 1. The molecule has 1 aliphatic heterocycles. The summed E-state index contributed by atoms with van der Waals surface area (Å²) in [5, 5.41) is 6.08. The molecule has 0 spiro atoms. The summed E-state index contributed by atoms with van der Waals surface area (Å²) in [6, 6.07) is 11.5. The Morgan fingerprint density at radius 2 is 1.89 bits per heavy atom. The molecule has 1 saturated carbocycles. The summed E-state index contributed by atoms with van der Waals surface area (Å²) >= 11 is 1.79. The Labute approximate surface area is 169 Å². The van der Waals surface area contributed by atoms with Crippen LogP contribution in [-0.2, 0) is 7.05 Å². The second kappa shape index (κ2) is 6.05. The Balaban J connectivity index is 1.65. The lowest BCUT2D eigenvalue weighted by Gasteiger charge is -2.25. The molecule has 4 aromatic rings. The summed E-state index contributed by atoms with van der Waals surface area (Å²) < 4.78 is 10.2. The molecule has 3 heteroatoms. The number of benzene rings is 2. The number of hydrogen-bond donors (Lipinski definition) is 0. The molecule has 28 heavy (non-hydrogen) atoms. The van der Waals surface area contributed by atoms with Crippen molar-refractivity contribution in [2.75, 3.05) is 0 Å². The Morgan fingerprint density at radius 1 is 1.04 bits per heavy atom. The molecule has 0 saturated heterocycles. The third-order valence-electron chi connectivity index (χ3n) is 6.74. The molecule has 0 N–H and O–H groups in total. The maximum Gasteiger partial charge on any atom is 0.228 e. The first kappa shape index (κ1) is 16.6. The standard InChI is InChI=1S/C25H24NOS/c1-15-19-9-11-28-22(19)14-21-23(15)25-24-17(8-10-26(25)2)12-18(13-20(24)27-21)16-6-4-3-5-7-16/h8-14,16H,3-7H2,1-2H3/q+1. The second-order valence-electron chi connectivity index (χ2n) is 8.40. The maximum absolute atomic E-state index is 6.59. The van der Waals surface area contributed by atoms with Gasteiger partial charge in [0.1, 0.15) is 18.5 Å². The summed E-state index contributed by atoms with van der Waals surface area (Å²) in [5.74, 6) is 2.72. The predicted octanol–water partition coefficient (Wildman–Crippen LogP) is 7.01. The van der Waals surface area contributed by atoms with Crippen LogP contribution in [0.3, 0.4) is 0 Å². The Bertz CT molecular complexity index is 1250. The molecular weight excluding hydrogens is 362 g/mol. The van der Waals surface area contributed by atoms with Gasteiger partial charge in [0, 0.05) is 10.8 Å². The molecule has 0 unspecified atom stereocenters. The quantitative estimate of drug-likeness (QED) is 0.282. The van der Waals surface area contributed by atoms with Gasteiger partial charge in [0.2, 0.25) is 5.69 Å². The average molecular weight is 387 g/mol. The van der Waals surface area contributed by atoms with Crippen molar-refractivity contribution in [2.24, 2.45) is 7.05 Å². The average Bonchev–Trinajstić information content (AvgIpc) is 3.19. The fourth-order valence-corrected chi connectivity index (χ4v) is 6.16. The van der Waals surface area contributed by atoms with E-state index in [-0.39, 0.29) is 0 Å². The fourth-order valence-electron chi connectivity index (χ4n) is 5.29. The van der Waals surface area contributed by atoms with Gasteiger partial charge in [-0.25, -0.2) is 4.57 Å². The third-order valence-corrected chi connectivity index (χ3v) is 7.60. The summed E-state index contributed by atoms with van der Waals surface area (Å²) in [6.45, 7) is 2.23. The van der Waals surface area contributed by atoms with Crippen LogP contribution in [0, 0.1) is 6.92 Å². The highest BCUT2D eigenvalue weighted by Gasteiger charge is 2.31. The van der Waals surface area contributed by atoms with Crippen LogP contribution in [-0.4, -0.2) is 0 Å². The molecule has 2 aliphatic rings. The lowest BCUT2D eigenvalue weighted by molar-refractivity contribution is -0.659. The van der Waals surface area contributed by atoms with Crippen molar-refractivity contribution in [1.82, 2.24) is 0 Å². The highest BCUT2D eigenvalue weighted by atomic mass is 32.1. The molecule has 0 atom stereocenters.